The quantitative estimate of drug-likeness (QED) is 0.746. The molecular weight excluding hydrogens is 314 g/mol. The zero-order chi connectivity index (χ0) is 16.4. The number of hydrogen-bond acceptors (Lipinski definition) is 3. The molecule has 0 saturated heterocycles. The van der Waals surface area contributed by atoms with Crippen LogP contribution in [0.4, 0.5) is 5.69 Å². The number of carbonyl (C=O) groups is 1. The first-order valence-electron chi connectivity index (χ1n) is 6.96. The maximum absolute atomic E-state index is 12.5. The number of amides is 1. The van der Waals surface area contributed by atoms with Crippen LogP contribution in [0.5, 0.6) is 11.5 Å². The van der Waals surface area contributed by atoms with Crippen LogP contribution < -0.4 is 10.1 Å². The van der Waals surface area contributed by atoms with Crippen molar-refractivity contribution in [3.05, 3.63) is 65.2 Å². The van der Waals surface area contributed by atoms with E-state index in [1.54, 1.807) is 36.4 Å². The van der Waals surface area contributed by atoms with Crippen LogP contribution in [0, 0.1) is 0 Å². The van der Waals surface area contributed by atoms with E-state index in [1.807, 2.05) is 18.2 Å². The van der Waals surface area contributed by atoms with Crippen LogP contribution in [0.25, 0.3) is 10.8 Å². The second-order valence-corrected chi connectivity index (χ2v) is 5.42. The van der Waals surface area contributed by atoms with E-state index in [4.69, 9.17) is 16.3 Å². The predicted molar refractivity (Wildman–Crippen MR) is 91.6 cm³/mol. The summed E-state index contributed by atoms with van der Waals surface area (Å²) in [5, 5.41) is 15.1. The highest BCUT2D eigenvalue weighted by molar-refractivity contribution is 6.30. The lowest BCUT2D eigenvalue weighted by Gasteiger charge is -2.12. The summed E-state index contributed by atoms with van der Waals surface area (Å²) in [5.41, 5.74) is 0.676. The van der Waals surface area contributed by atoms with E-state index >= 15 is 0 Å². The molecule has 4 nitrogen and oxygen atoms in total. The van der Waals surface area contributed by atoms with Gasteiger partial charge < -0.3 is 15.2 Å². The van der Waals surface area contributed by atoms with Gasteiger partial charge in [-0.2, -0.15) is 0 Å². The number of rotatable bonds is 3. The third kappa shape index (κ3) is 2.94. The van der Waals surface area contributed by atoms with Crippen LogP contribution in [-0.2, 0) is 0 Å². The zero-order valence-corrected chi connectivity index (χ0v) is 13.1. The van der Waals surface area contributed by atoms with Crippen LogP contribution in [0.15, 0.2) is 54.6 Å². The number of phenols is 1. The molecular formula is C18H14ClNO3. The molecule has 0 atom stereocenters. The zero-order valence-electron chi connectivity index (χ0n) is 12.3. The number of hydrogen-bond donors (Lipinski definition) is 2. The molecule has 0 radical (unpaired) electrons. The van der Waals surface area contributed by atoms with Gasteiger partial charge in [-0.1, -0.05) is 41.9 Å². The second kappa shape index (κ2) is 6.18. The lowest BCUT2D eigenvalue weighted by molar-refractivity contribution is 0.102. The van der Waals surface area contributed by atoms with Gasteiger partial charge in [0.2, 0.25) is 0 Å². The van der Waals surface area contributed by atoms with Crippen molar-refractivity contribution in [2.24, 2.45) is 0 Å². The van der Waals surface area contributed by atoms with E-state index in [9.17, 15) is 9.90 Å². The molecule has 5 heteroatoms. The van der Waals surface area contributed by atoms with Crippen molar-refractivity contribution in [1.29, 1.82) is 0 Å². The van der Waals surface area contributed by atoms with Gasteiger partial charge in [0.25, 0.3) is 5.91 Å². The number of benzene rings is 3. The van der Waals surface area contributed by atoms with Gasteiger partial charge in [-0.3, -0.25) is 4.79 Å². The minimum Gasteiger partial charge on any atom is -0.506 e. The molecule has 0 unspecified atom stereocenters. The van der Waals surface area contributed by atoms with Crippen molar-refractivity contribution in [2.45, 2.75) is 0 Å². The van der Waals surface area contributed by atoms with E-state index in [0.29, 0.717) is 21.8 Å². The fourth-order valence-electron chi connectivity index (χ4n) is 2.40. The average molecular weight is 328 g/mol. The van der Waals surface area contributed by atoms with E-state index in [2.05, 4.69) is 5.32 Å². The summed E-state index contributed by atoms with van der Waals surface area (Å²) in [6, 6.07) is 15.6. The predicted octanol–water partition coefficient (Wildman–Crippen LogP) is 4.46. The largest absolute Gasteiger partial charge is 0.506 e. The monoisotopic (exact) mass is 327 g/mol. The molecule has 3 aromatic rings. The third-order valence-electron chi connectivity index (χ3n) is 3.56. The van der Waals surface area contributed by atoms with Crippen molar-refractivity contribution in [3.8, 4) is 11.5 Å². The Bertz CT molecular complexity index is 893. The summed E-state index contributed by atoms with van der Waals surface area (Å²) in [6.45, 7) is 0. The van der Waals surface area contributed by atoms with Gasteiger partial charge in [0.1, 0.15) is 11.5 Å². The Labute approximate surface area is 138 Å². The summed E-state index contributed by atoms with van der Waals surface area (Å²) in [7, 11) is 1.49. The maximum Gasteiger partial charge on any atom is 0.259 e. The molecule has 3 rings (SSSR count). The lowest BCUT2D eigenvalue weighted by Crippen LogP contribution is -2.13. The smallest absolute Gasteiger partial charge is 0.259 e. The number of nitrogens with one attached hydrogen (secondary N) is 1. The van der Waals surface area contributed by atoms with Crippen LogP contribution in [0.1, 0.15) is 10.4 Å². The summed E-state index contributed by atoms with van der Waals surface area (Å²) < 4.78 is 5.20. The molecule has 0 spiro atoms. The summed E-state index contributed by atoms with van der Waals surface area (Å²) in [6.07, 6.45) is 0. The number of methoxy groups -OCH3 is 1. The van der Waals surface area contributed by atoms with Crippen LogP contribution in [-0.4, -0.2) is 18.1 Å². The van der Waals surface area contributed by atoms with Gasteiger partial charge in [-0.15, -0.1) is 0 Å². The topological polar surface area (TPSA) is 58.6 Å². The molecule has 0 saturated carbocycles. The molecule has 0 aromatic heterocycles. The van der Waals surface area contributed by atoms with Crippen molar-refractivity contribution in [2.75, 3.05) is 12.4 Å². The molecule has 0 aliphatic rings. The van der Waals surface area contributed by atoms with Crippen molar-refractivity contribution in [3.63, 3.8) is 0 Å². The van der Waals surface area contributed by atoms with Crippen molar-refractivity contribution < 1.29 is 14.6 Å². The molecule has 116 valence electrons. The Balaban J connectivity index is 1.97. The standard InChI is InChI=1S/C18H14ClNO3/c1-23-16-10-12(19)7-9-15(16)20-18(22)14-8-6-11-4-2-3-5-13(11)17(14)21/h2-10,21H,1H3,(H,20,22). The summed E-state index contributed by atoms with van der Waals surface area (Å²) in [5.74, 6) is -0.0199. The average Bonchev–Trinajstić information content (AvgIpc) is 2.57. The van der Waals surface area contributed by atoms with E-state index in [1.165, 1.54) is 7.11 Å². The first kappa shape index (κ1) is 15.2. The molecule has 1 amide bonds. The number of fused-ring (bicyclic) bond motifs is 1. The Morgan fingerprint density at radius 2 is 1.91 bits per heavy atom. The van der Waals surface area contributed by atoms with E-state index < -0.39 is 5.91 Å². The first-order valence-corrected chi connectivity index (χ1v) is 7.33. The number of aromatic hydroxyl groups is 1. The van der Waals surface area contributed by atoms with Crippen LogP contribution >= 0.6 is 11.6 Å². The first-order chi connectivity index (χ1) is 11.1. The van der Waals surface area contributed by atoms with Crippen LogP contribution in [0.3, 0.4) is 0 Å². The van der Waals surface area contributed by atoms with E-state index in [0.717, 1.165) is 5.39 Å². The minimum absolute atomic E-state index is 0.0477. The molecule has 0 heterocycles. The second-order valence-electron chi connectivity index (χ2n) is 4.98. The molecule has 2 N–H and O–H groups in total. The van der Waals surface area contributed by atoms with Gasteiger partial charge in [-0.25, -0.2) is 0 Å². The van der Waals surface area contributed by atoms with Gasteiger partial charge >= 0.3 is 0 Å². The maximum atomic E-state index is 12.5. The highest BCUT2D eigenvalue weighted by atomic mass is 35.5. The summed E-state index contributed by atoms with van der Waals surface area (Å²) in [4.78, 5) is 12.5. The van der Waals surface area contributed by atoms with Crippen LogP contribution in [0.2, 0.25) is 5.02 Å². The molecule has 23 heavy (non-hydrogen) atoms. The van der Waals surface area contributed by atoms with Gasteiger partial charge in [0.15, 0.2) is 0 Å². The minimum atomic E-state index is -0.422. The van der Waals surface area contributed by atoms with E-state index in [-0.39, 0.29) is 11.3 Å². The Hall–Kier alpha value is -2.72. The normalized spacial score (nSPS) is 10.5. The number of phenolic OH excluding ortho intramolecular Hbond substituents is 1. The van der Waals surface area contributed by atoms with Gasteiger partial charge in [0.05, 0.1) is 18.4 Å². The highest BCUT2D eigenvalue weighted by Gasteiger charge is 2.15. The summed E-state index contributed by atoms with van der Waals surface area (Å²) >= 11 is 5.91. The fourth-order valence-corrected chi connectivity index (χ4v) is 2.56. The highest BCUT2D eigenvalue weighted by Crippen LogP contribution is 2.31. The molecule has 3 aromatic carbocycles. The number of halogens is 1. The molecule has 0 aliphatic carbocycles. The molecule has 0 bridgehead atoms. The molecule has 0 fully saturated rings. The Kier molecular flexibility index (Phi) is 4.08. The lowest BCUT2D eigenvalue weighted by atomic mass is 10.0. The SMILES string of the molecule is COc1cc(Cl)ccc1NC(=O)c1ccc2ccccc2c1O. The number of anilines is 1. The van der Waals surface area contributed by atoms with Gasteiger partial charge in [0, 0.05) is 16.5 Å². The van der Waals surface area contributed by atoms with Gasteiger partial charge in [-0.05, 0) is 23.6 Å². The molecule has 0 aliphatic heterocycles. The van der Waals surface area contributed by atoms with Crippen molar-refractivity contribution in [1.82, 2.24) is 0 Å². The number of carbonyl (C=O) groups excluding carboxylic acids is 1. The fraction of sp³-hybridized carbons (Fsp3) is 0.0556. The Morgan fingerprint density at radius 1 is 1.13 bits per heavy atom. The Morgan fingerprint density at radius 3 is 2.70 bits per heavy atom. The number of ether oxygens (including phenoxy) is 1. The third-order valence-corrected chi connectivity index (χ3v) is 3.79. The van der Waals surface area contributed by atoms with Crippen molar-refractivity contribution >= 4 is 34.0 Å².